The van der Waals surface area contributed by atoms with Crippen LogP contribution in [-0.4, -0.2) is 22.2 Å². The lowest BCUT2D eigenvalue weighted by atomic mass is 10.0. The molecule has 0 heterocycles. The van der Waals surface area contributed by atoms with Gasteiger partial charge in [-0.1, -0.05) is 29.8 Å². The van der Waals surface area contributed by atoms with Crippen molar-refractivity contribution in [3.63, 3.8) is 0 Å². The Morgan fingerprint density at radius 2 is 1.61 bits per heavy atom. The van der Waals surface area contributed by atoms with Crippen molar-refractivity contribution in [2.24, 2.45) is 0 Å². The van der Waals surface area contributed by atoms with E-state index in [9.17, 15) is 14.7 Å². The smallest absolute Gasteiger partial charge is 0.336 e. The SMILES string of the molecule is CC(C)=CCc1cc(/C=C/C(=O)O)ccc1OC(=O)/C=C/c1ccc(O)cc1. The summed E-state index contributed by atoms with van der Waals surface area (Å²) in [4.78, 5) is 22.9. The second kappa shape index (κ2) is 9.92. The zero-order chi connectivity index (χ0) is 20.5. The maximum absolute atomic E-state index is 12.2. The number of carbonyl (C=O) groups excluding carboxylic acids is 1. The Kier molecular flexibility index (Phi) is 7.34. The standard InChI is InChI=1S/C23H22O5/c1-16(2)3-9-19-15-18(7-13-22(25)26)6-12-21(19)28-23(27)14-8-17-4-10-20(24)11-5-17/h3-8,10-15,24H,9H2,1-2H3,(H,25,26)/b13-7+,14-8+. The Balaban J connectivity index is 2.19. The maximum Gasteiger partial charge on any atom is 0.336 e. The summed E-state index contributed by atoms with van der Waals surface area (Å²) < 4.78 is 5.46. The topological polar surface area (TPSA) is 83.8 Å². The fourth-order valence-corrected chi connectivity index (χ4v) is 2.34. The van der Waals surface area contributed by atoms with E-state index in [1.807, 2.05) is 19.9 Å². The third-order valence-corrected chi connectivity index (χ3v) is 3.75. The molecule has 0 unspecified atom stereocenters. The molecule has 0 fully saturated rings. The van der Waals surface area contributed by atoms with Crippen molar-refractivity contribution in [1.29, 1.82) is 0 Å². The molecule has 0 aliphatic rings. The normalized spacial score (nSPS) is 10.9. The van der Waals surface area contributed by atoms with Crippen LogP contribution in [0.1, 0.15) is 30.5 Å². The van der Waals surface area contributed by atoms with Crippen LogP contribution in [0, 0.1) is 0 Å². The molecule has 144 valence electrons. The summed E-state index contributed by atoms with van der Waals surface area (Å²) in [5.74, 6) is -0.980. The number of hydrogen-bond donors (Lipinski definition) is 2. The first-order valence-corrected chi connectivity index (χ1v) is 8.69. The molecule has 2 N–H and O–H groups in total. The van der Waals surface area contributed by atoms with Crippen LogP contribution >= 0.6 is 0 Å². The van der Waals surface area contributed by atoms with E-state index in [4.69, 9.17) is 9.84 Å². The minimum atomic E-state index is -1.03. The first-order valence-electron chi connectivity index (χ1n) is 8.69. The second-order valence-electron chi connectivity index (χ2n) is 6.37. The Morgan fingerprint density at radius 1 is 0.964 bits per heavy atom. The van der Waals surface area contributed by atoms with Crippen molar-refractivity contribution in [2.75, 3.05) is 0 Å². The van der Waals surface area contributed by atoms with E-state index >= 15 is 0 Å². The van der Waals surface area contributed by atoms with Gasteiger partial charge in [0.1, 0.15) is 11.5 Å². The molecule has 0 saturated carbocycles. The van der Waals surface area contributed by atoms with Crippen LogP contribution in [0.2, 0.25) is 0 Å². The van der Waals surface area contributed by atoms with Gasteiger partial charge in [0.15, 0.2) is 0 Å². The van der Waals surface area contributed by atoms with Gasteiger partial charge >= 0.3 is 11.9 Å². The van der Waals surface area contributed by atoms with E-state index in [0.29, 0.717) is 17.7 Å². The van der Waals surface area contributed by atoms with Crippen LogP contribution in [0.5, 0.6) is 11.5 Å². The fraction of sp³-hybridized carbons (Fsp3) is 0.130. The number of phenolic OH excluding ortho intramolecular Hbond substituents is 1. The summed E-state index contributed by atoms with van der Waals surface area (Å²) in [5, 5.41) is 18.1. The number of phenols is 1. The summed E-state index contributed by atoms with van der Waals surface area (Å²) in [5.41, 5.74) is 3.36. The number of hydrogen-bond acceptors (Lipinski definition) is 4. The van der Waals surface area contributed by atoms with Crippen LogP contribution in [0.15, 0.2) is 66.3 Å². The van der Waals surface area contributed by atoms with Gasteiger partial charge in [0.25, 0.3) is 0 Å². The van der Waals surface area contributed by atoms with Gasteiger partial charge in [-0.2, -0.15) is 0 Å². The van der Waals surface area contributed by atoms with Crippen LogP contribution in [0.4, 0.5) is 0 Å². The maximum atomic E-state index is 12.2. The minimum absolute atomic E-state index is 0.153. The fourth-order valence-electron chi connectivity index (χ4n) is 2.34. The molecule has 0 bridgehead atoms. The lowest BCUT2D eigenvalue weighted by Gasteiger charge is -2.09. The number of carboxylic acid groups (broad SMARTS) is 1. The highest BCUT2D eigenvalue weighted by Crippen LogP contribution is 2.23. The minimum Gasteiger partial charge on any atom is -0.508 e. The molecule has 0 aliphatic heterocycles. The number of aliphatic carboxylic acids is 1. The quantitative estimate of drug-likeness (QED) is 0.318. The zero-order valence-electron chi connectivity index (χ0n) is 15.8. The highest BCUT2D eigenvalue weighted by Gasteiger charge is 2.08. The van der Waals surface area contributed by atoms with Gasteiger partial charge in [0, 0.05) is 12.2 Å². The Labute approximate surface area is 163 Å². The molecule has 0 radical (unpaired) electrons. The van der Waals surface area contributed by atoms with Crippen LogP contribution in [0.3, 0.4) is 0 Å². The van der Waals surface area contributed by atoms with Gasteiger partial charge < -0.3 is 14.9 Å². The average Bonchev–Trinajstić information content (AvgIpc) is 2.65. The molecule has 0 amide bonds. The van der Waals surface area contributed by atoms with Gasteiger partial charge in [-0.15, -0.1) is 0 Å². The Hall–Kier alpha value is -3.60. The number of allylic oxidation sites excluding steroid dienone is 2. The summed E-state index contributed by atoms with van der Waals surface area (Å²) in [7, 11) is 0. The predicted octanol–water partition coefficient (Wildman–Crippen LogP) is 4.62. The van der Waals surface area contributed by atoms with Crippen LogP contribution in [0.25, 0.3) is 12.2 Å². The zero-order valence-corrected chi connectivity index (χ0v) is 15.8. The third-order valence-electron chi connectivity index (χ3n) is 3.75. The second-order valence-corrected chi connectivity index (χ2v) is 6.37. The average molecular weight is 378 g/mol. The van der Waals surface area contributed by atoms with Gasteiger partial charge in [0.05, 0.1) is 0 Å². The number of carbonyl (C=O) groups is 2. The number of aromatic hydroxyl groups is 1. The molecule has 0 saturated heterocycles. The molecule has 5 heteroatoms. The largest absolute Gasteiger partial charge is 0.508 e. The van der Waals surface area contributed by atoms with E-state index in [1.165, 1.54) is 24.3 Å². The summed E-state index contributed by atoms with van der Waals surface area (Å²) in [6.07, 6.45) is 8.03. The third kappa shape index (κ3) is 6.96. The molecule has 0 atom stereocenters. The molecule has 28 heavy (non-hydrogen) atoms. The number of esters is 1. The van der Waals surface area contributed by atoms with Crippen LogP contribution in [-0.2, 0) is 16.0 Å². The van der Waals surface area contributed by atoms with Crippen molar-refractivity contribution in [3.05, 3.63) is 83.0 Å². The number of rotatable bonds is 7. The Bertz CT molecular complexity index is 930. The summed E-state index contributed by atoms with van der Waals surface area (Å²) in [6, 6.07) is 11.6. The highest BCUT2D eigenvalue weighted by atomic mass is 16.5. The lowest BCUT2D eigenvalue weighted by molar-refractivity contribution is -0.131. The van der Waals surface area contributed by atoms with E-state index < -0.39 is 11.9 Å². The van der Waals surface area contributed by atoms with Gasteiger partial charge in [-0.05, 0) is 73.4 Å². The van der Waals surface area contributed by atoms with E-state index in [-0.39, 0.29) is 5.75 Å². The van der Waals surface area contributed by atoms with Crippen molar-refractivity contribution in [2.45, 2.75) is 20.3 Å². The molecule has 5 nitrogen and oxygen atoms in total. The van der Waals surface area contributed by atoms with Crippen molar-refractivity contribution in [1.82, 2.24) is 0 Å². The van der Waals surface area contributed by atoms with Crippen LogP contribution < -0.4 is 4.74 Å². The van der Waals surface area contributed by atoms with Crippen molar-refractivity contribution >= 4 is 24.1 Å². The van der Waals surface area contributed by atoms with Crippen molar-refractivity contribution in [3.8, 4) is 11.5 Å². The first-order chi connectivity index (χ1) is 13.3. The molecule has 0 spiro atoms. The highest BCUT2D eigenvalue weighted by molar-refractivity contribution is 5.89. The Morgan fingerprint density at radius 3 is 2.25 bits per heavy atom. The lowest BCUT2D eigenvalue weighted by Crippen LogP contribution is -2.06. The molecule has 0 aliphatic carbocycles. The van der Waals surface area contributed by atoms with E-state index in [1.54, 1.807) is 36.4 Å². The van der Waals surface area contributed by atoms with E-state index in [2.05, 4.69) is 0 Å². The molecular formula is C23H22O5. The van der Waals surface area contributed by atoms with Gasteiger partial charge in [-0.3, -0.25) is 0 Å². The summed E-state index contributed by atoms with van der Waals surface area (Å²) >= 11 is 0. The number of ether oxygens (including phenoxy) is 1. The molecule has 2 aromatic carbocycles. The monoisotopic (exact) mass is 378 g/mol. The molecule has 2 aromatic rings. The number of benzene rings is 2. The van der Waals surface area contributed by atoms with E-state index in [0.717, 1.165) is 22.8 Å². The predicted molar refractivity (Wildman–Crippen MR) is 109 cm³/mol. The van der Waals surface area contributed by atoms with Gasteiger partial charge in [0.2, 0.25) is 0 Å². The van der Waals surface area contributed by atoms with Crippen molar-refractivity contribution < 1.29 is 24.5 Å². The van der Waals surface area contributed by atoms with Gasteiger partial charge in [-0.25, -0.2) is 9.59 Å². The molecule has 2 rings (SSSR count). The summed E-state index contributed by atoms with van der Waals surface area (Å²) in [6.45, 7) is 3.94. The molecular weight excluding hydrogens is 356 g/mol. The molecule has 0 aromatic heterocycles. The number of carboxylic acids is 1. The first kappa shape index (κ1) is 20.7.